The van der Waals surface area contributed by atoms with Crippen LogP contribution in [-0.2, 0) is 6.42 Å². The lowest BCUT2D eigenvalue weighted by molar-refractivity contribution is 0.0933. The smallest absolute Gasteiger partial charge is 0.255 e. The molecule has 110 valence electrons. The average molecular weight is 301 g/mol. The molecule has 0 saturated carbocycles. The van der Waals surface area contributed by atoms with Crippen LogP contribution in [0.5, 0.6) is 0 Å². The molecule has 2 N–H and O–H groups in total. The number of anilines is 1. The number of amides is 1. The Bertz CT molecular complexity index is 638. The van der Waals surface area contributed by atoms with Crippen LogP contribution in [-0.4, -0.2) is 17.4 Å². The summed E-state index contributed by atoms with van der Waals surface area (Å²) in [7, 11) is 0. The molecule has 0 fully saturated rings. The molecule has 1 atom stereocenters. The predicted octanol–water partition coefficient (Wildman–Crippen LogP) is 3.38. The average Bonchev–Trinajstić information content (AvgIpc) is 2.98. The van der Waals surface area contributed by atoms with Crippen LogP contribution in [0.1, 0.15) is 46.6 Å². The molecule has 0 aromatic carbocycles. The van der Waals surface area contributed by atoms with Crippen molar-refractivity contribution in [1.82, 2.24) is 10.3 Å². The number of nitrogens with one attached hydrogen (secondary N) is 2. The molecule has 1 aliphatic carbocycles. The lowest BCUT2D eigenvalue weighted by Crippen LogP contribution is -2.31. The summed E-state index contributed by atoms with van der Waals surface area (Å²) in [6, 6.07) is 4.11. The van der Waals surface area contributed by atoms with Gasteiger partial charge in [0.25, 0.3) is 5.91 Å². The highest BCUT2D eigenvalue weighted by molar-refractivity contribution is 7.10. The number of hydrogen-bond acceptors (Lipinski definition) is 4. The maximum atomic E-state index is 12.6. The number of pyridine rings is 1. The van der Waals surface area contributed by atoms with Crippen molar-refractivity contribution in [3.05, 3.63) is 45.9 Å². The highest BCUT2D eigenvalue weighted by Crippen LogP contribution is 2.33. The van der Waals surface area contributed by atoms with E-state index in [2.05, 4.69) is 27.1 Å². The van der Waals surface area contributed by atoms with Gasteiger partial charge in [0, 0.05) is 23.8 Å². The Morgan fingerprint density at radius 2 is 2.38 bits per heavy atom. The van der Waals surface area contributed by atoms with Crippen LogP contribution in [0.25, 0.3) is 0 Å². The van der Waals surface area contributed by atoms with Gasteiger partial charge < -0.3 is 10.6 Å². The van der Waals surface area contributed by atoms with E-state index in [0.717, 1.165) is 31.5 Å². The number of rotatable bonds is 4. The van der Waals surface area contributed by atoms with Gasteiger partial charge in [-0.3, -0.25) is 9.78 Å². The number of aryl methyl sites for hydroxylation is 1. The summed E-state index contributed by atoms with van der Waals surface area (Å²) in [5, 5.41) is 8.49. The summed E-state index contributed by atoms with van der Waals surface area (Å²) < 4.78 is 0. The molecule has 2 aromatic rings. The van der Waals surface area contributed by atoms with E-state index in [0.29, 0.717) is 5.56 Å². The number of carbonyl (C=O) groups is 1. The molecule has 21 heavy (non-hydrogen) atoms. The van der Waals surface area contributed by atoms with Crippen molar-refractivity contribution in [2.75, 3.05) is 11.9 Å². The summed E-state index contributed by atoms with van der Waals surface area (Å²) >= 11 is 1.79. The standard InChI is InChI=1S/C16H19N3OS/c1-2-18-13-6-8-17-10-12(13)16(20)19-14-4-3-5-15-11(14)7-9-21-15/h6-10,14H,2-5H2,1H3,(H,17,18)(H,19,20). The van der Waals surface area contributed by atoms with E-state index < -0.39 is 0 Å². The van der Waals surface area contributed by atoms with Crippen LogP contribution in [0.4, 0.5) is 5.69 Å². The van der Waals surface area contributed by atoms with E-state index in [9.17, 15) is 4.79 Å². The Labute approximate surface area is 128 Å². The van der Waals surface area contributed by atoms with Gasteiger partial charge in [-0.15, -0.1) is 11.3 Å². The predicted molar refractivity (Wildman–Crippen MR) is 85.9 cm³/mol. The van der Waals surface area contributed by atoms with Crippen LogP contribution in [0.3, 0.4) is 0 Å². The van der Waals surface area contributed by atoms with Gasteiger partial charge in [0.2, 0.25) is 0 Å². The lowest BCUT2D eigenvalue weighted by atomic mass is 9.94. The first kappa shape index (κ1) is 14.1. The number of fused-ring (bicyclic) bond motifs is 1. The highest BCUT2D eigenvalue weighted by Gasteiger charge is 2.24. The Morgan fingerprint density at radius 3 is 3.24 bits per heavy atom. The molecule has 2 heterocycles. The minimum Gasteiger partial charge on any atom is -0.385 e. The molecule has 0 spiro atoms. The molecule has 0 aliphatic heterocycles. The van der Waals surface area contributed by atoms with Gasteiger partial charge in [-0.25, -0.2) is 0 Å². The summed E-state index contributed by atoms with van der Waals surface area (Å²) in [5.74, 6) is -0.0527. The van der Waals surface area contributed by atoms with Gasteiger partial charge in [0.05, 0.1) is 17.3 Å². The number of thiophene rings is 1. The summed E-state index contributed by atoms with van der Waals surface area (Å²) in [4.78, 5) is 18.0. The Kier molecular flexibility index (Phi) is 4.20. The zero-order chi connectivity index (χ0) is 14.7. The third-order valence-corrected chi connectivity index (χ3v) is 4.79. The van der Waals surface area contributed by atoms with E-state index in [1.54, 1.807) is 23.7 Å². The van der Waals surface area contributed by atoms with Gasteiger partial charge in [-0.05, 0) is 49.3 Å². The second kappa shape index (κ2) is 6.26. The summed E-state index contributed by atoms with van der Waals surface area (Å²) in [6.45, 7) is 2.79. The normalized spacial score (nSPS) is 17.1. The van der Waals surface area contributed by atoms with E-state index in [1.807, 2.05) is 13.0 Å². The second-order valence-corrected chi connectivity index (χ2v) is 6.17. The summed E-state index contributed by atoms with van der Waals surface area (Å²) in [5.41, 5.74) is 2.74. The topological polar surface area (TPSA) is 54.0 Å². The van der Waals surface area contributed by atoms with Crippen LogP contribution < -0.4 is 10.6 Å². The van der Waals surface area contributed by atoms with Crippen LogP contribution in [0, 0.1) is 0 Å². The van der Waals surface area contributed by atoms with Crippen molar-refractivity contribution in [2.45, 2.75) is 32.2 Å². The largest absolute Gasteiger partial charge is 0.385 e. The zero-order valence-electron chi connectivity index (χ0n) is 12.1. The zero-order valence-corrected chi connectivity index (χ0v) is 12.9. The third-order valence-electron chi connectivity index (χ3n) is 3.79. The van der Waals surface area contributed by atoms with Crippen molar-refractivity contribution in [2.24, 2.45) is 0 Å². The van der Waals surface area contributed by atoms with Gasteiger partial charge in [0.15, 0.2) is 0 Å². The molecular formula is C16H19N3OS. The molecule has 0 bridgehead atoms. The van der Waals surface area contributed by atoms with E-state index in [1.165, 1.54) is 10.4 Å². The maximum absolute atomic E-state index is 12.6. The first-order valence-corrected chi connectivity index (χ1v) is 8.22. The van der Waals surface area contributed by atoms with Crippen molar-refractivity contribution < 1.29 is 4.79 Å². The monoisotopic (exact) mass is 301 g/mol. The van der Waals surface area contributed by atoms with E-state index in [-0.39, 0.29) is 11.9 Å². The molecule has 4 nitrogen and oxygen atoms in total. The van der Waals surface area contributed by atoms with Crippen molar-refractivity contribution >= 4 is 22.9 Å². The molecular weight excluding hydrogens is 282 g/mol. The Morgan fingerprint density at radius 1 is 1.48 bits per heavy atom. The molecule has 1 amide bonds. The molecule has 5 heteroatoms. The number of aromatic nitrogens is 1. The first-order valence-electron chi connectivity index (χ1n) is 7.34. The second-order valence-electron chi connectivity index (χ2n) is 5.17. The molecule has 3 rings (SSSR count). The number of nitrogens with zero attached hydrogens (tertiary/aromatic N) is 1. The van der Waals surface area contributed by atoms with Crippen molar-refractivity contribution in [3.8, 4) is 0 Å². The fraction of sp³-hybridized carbons (Fsp3) is 0.375. The van der Waals surface area contributed by atoms with E-state index in [4.69, 9.17) is 0 Å². The van der Waals surface area contributed by atoms with Gasteiger partial charge in [-0.1, -0.05) is 0 Å². The molecule has 2 aromatic heterocycles. The molecule has 0 radical (unpaired) electrons. The minimum atomic E-state index is -0.0527. The Balaban J connectivity index is 1.79. The van der Waals surface area contributed by atoms with Crippen LogP contribution in [0.2, 0.25) is 0 Å². The first-order chi connectivity index (χ1) is 10.3. The molecule has 1 unspecified atom stereocenters. The van der Waals surface area contributed by atoms with Crippen molar-refractivity contribution in [3.63, 3.8) is 0 Å². The SMILES string of the molecule is CCNc1ccncc1C(=O)NC1CCCc2sccc21. The van der Waals surface area contributed by atoms with Crippen LogP contribution in [0.15, 0.2) is 29.9 Å². The number of hydrogen-bond donors (Lipinski definition) is 2. The van der Waals surface area contributed by atoms with Crippen molar-refractivity contribution in [1.29, 1.82) is 0 Å². The molecule has 0 saturated heterocycles. The quantitative estimate of drug-likeness (QED) is 0.910. The lowest BCUT2D eigenvalue weighted by Gasteiger charge is -2.24. The third kappa shape index (κ3) is 2.93. The Hall–Kier alpha value is -1.88. The maximum Gasteiger partial charge on any atom is 0.255 e. The minimum absolute atomic E-state index is 0.0527. The number of carbonyl (C=O) groups excluding carboxylic acids is 1. The highest BCUT2D eigenvalue weighted by atomic mass is 32.1. The summed E-state index contributed by atoms with van der Waals surface area (Å²) in [6.07, 6.45) is 6.60. The molecule has 1 aliphatic rings. The van der Waals surface area contributed by atoms with Crippen LogP contribution >= 0.6 is 11.3 Å². The van der Waals surface area contributed by atoms with E-state index >= 15 is 0 Å². The fourth-order valence-corrected chi connectivity index (χ4v) is 3.78. The van der Waals surface area contributed by atoms with Gasteiger partial charge in [-0.2, -0.15) is 0 Å². The van der Waals surface area contributed by atoms with Gasteiger partial charge in [0.1, 0.15) is 0 Å². The fourth-order valence-electron chi connectivity index (χ4n) is 2.79. The van der Waals surface area contributed by atoms with Gasteiger partial charge >= 0.3 is 0 Å².